The number of nitrogens with one attached hydrogen (secondary N) is 1. The van der Waals surface area contributed by atoms with Crippen LogP contribution in [-0.4, -0.2) is 48.6 Å². The monoisotopic (exact) mass is 376 g/mol. The van der Waals surface area contributed by atoms with E-state index in [0.717, 1.165) is 0 Å². The van der Waals surface area contributed by atoms with E-state index < -0.39 is 6.04 Å². The topological polar surface area (TPSA) is 81.0 Å². The number of amides is 2. The molecular weight excluding hydrogens is 356 g/mol. The number of hydrogen-bond acceptors (Lipinski definition) is 6. The number of ether oxygens (including phenoxy) is 2. The van der Waals surface area contributed by atoms with Gasteiger partial charge in [0.2, 0.25) is 5.91 Å². The van der Waals surface area contributed by atoms with E-state index in [1.54, 1.807) is 53.3 Å². The molecule has 1 aliphatic rings. The maximum Gasteiger partial charge on any atom is 0.255 e. The van der Waals surface area contributed by atoms with Gasteiger partial charge in [0.25, 0.3) is 5.91 Å². The summed E-state index contributed by atoms with van der Waals surface area (Å²) in [6.45, 7) is 0.294. The first kappa shape index (κ1) is 18.2. The summed E-state index contributed by atoms with van der Waals surface area (Å²) in [6.07, 6.45) is 1.55. The average Bonchev–Trinajstić information content (AvgIpc) is 3.36. The van der Waals surface area contributed by atoms with Crippen LogP contribution >= 0.6 is 11.8 Å². The average molecular weight is 376 g/mol. The van der Waals surface area contributed by atoms with E-state index in [0.29, 0.717) is 41.0 Å². The van der Waals surface area contributed by atoms with E-state index in [9.17, 15) is 9.59 Å². The van der Waals surface area contributed by atoms with E-state index in [1.165, 1.54) is 14.2 Å². The zero-order chi connectivity index (χ0) is 18.5. The number of thioether (sulfide) groups is 1. The van der Waals surface area contributed by atoms with Crippen molar-refractivity contribution in [1.29, 1.82) is 0 Å². The lowest BCUT2D eigenvalue weighted by Gasteiger charge is -2.23. The van der Waals surface area contributed by atoms with Gasteiger partial charge in [-0.25, -0.2) is 0 Å². The Labute approximate surface area is 155 Å². The molecule has 0 saturated carbocycles. The molecule has 1 saturated heterocycles. The minimum atomic E-state index is -0.528. The molecule has 26 heavy (non-hydrogen) atoms. The summed E-state index contributed by atoms with van der Waals surface area (Å²) in [5.41, 5.74) is 0.424. The molecule has 0 aliphatic carbocycles. The molecule has 0 bridgehead atoms. The number of methoxy groups -OCH3 is 2. The van der Waals surface area contributed by atoms with Crippen molar-refractivity contribution < 1.29 is 23.5 Å². The highest BCUT2D eigenvalue weighted by Crippen LogP contribution is 2.27. The lowest BCUT2D eigenvalue weighted by Crippen LogP contribution is -2.47. The minimum Gasteiger partial charge on any atom is -0.497 e. The van der Waals surface area contributed by atoms with Crippen LogP contribution in [0.15, 0.2) is 41.0 Å². The highest BCUT2D eigenvalue weighted by Gasteiger charge is 2.35. The number of furan rings is 1. The van der Waals surface area contributed by atoms with Gasteiger partial charge in [-0.15, -0.1) is 11.8 Å². The van der Waals surface area contributed by atoms with Gasteiger partial charge in [-0.3, -0.25) is 9.59 Å². The van der Waals surface area contributed by atoms with Crippen molar-refractivity contribution in [3.05, 3.63) is 47.9 Å². The van der Waals surface area contributed by atoms with Crippen LogP contribution in [0, 0.1) is 0 Å². The van der Waals surface area contributed by atoms with Crippen molar-refractivity contribution in [2.45, 2.75) is 12.6 Å². The molecule has 2 amide bonds. The molecule has 2 aromatic rings. The molecule has 3 rings (SSSR count). The Morgan fingerprint density at radius 1 is 1.27 bits per heavy atom. The molecule has 1 N–H and O–H groups in total. The van der Waals surface area contributed by atoms with Gasteiger partial charge < -0.3 is 24.1 Å². The summed E-state index contributed by atoms with van der Waals surface area (Å²) in [6, 6.07) is 8.01. The molecule has 1 aliphatic heterocycles. The molecule has 2 heterocycles. The molecule has 0 spiro atoms. The standard InChI is InChI=1S/C18H20N2O5S/c1-23-14-6-12(7-15(8-14)24-2)18(22)20-11-26-10-16(20)17(21)19-9-13-4-3-5-25-13/h3-8,16H,9-11H2,1-2H3,(H,19,21). The summed E-state index contributed by atoms with van der Waals surface area (Å²) in [4.78, 5) is 27.0. The van der Waals surface area contributed by atoms with Gasteiger partial charge in [0.1, 0.15) is 23.3 Å². The Morgan fingerprint density at radius 3 is 2.62 bits per heavy atom. The van der Waals surface area contributed by atoms with Gasteiger partial charge in [0, 0.05) is 17.4 Å². The van der Waals surface area contributed by atoms with Crippen molar-refractivity contribution >= 4 is 23.6 Å². The van der Waals surface area contributed by atoms with Gasteiger partial charge in [-0.2, -0.15) is 0 Å². The fraction of sp³-hybridized carbons (Fsp3) is 0.333. The van der Waals surface area contributed by atoms with Gasteiger partial charge in [-0.05, 0) is 24.3 Å². The predicted molar refractivity (Wildman–Crippen MR) is 97.4 cm³/mol. The Bertz CT molecular complexity index is 756. The lowest BCUT2D eigenvalue weighted by molar-refractivity contribution is -0.124. The Kier molecular flexibility index (Phi) is 5.72. The predicted octanol–water partition coefficient (Wildman–Crippen LogP) is 2.13. The number of rotatable bonds is 6. The van der Waals surface area contributed by atoms with Crippen LogP contribution in [0.5, 0.6) is 11.5 Å². The molecule has 1 aromatic carbocycles. The van der Waals surface area contributed by atoms with Crippen molar-refractivity contribution in [3.63, 3.8) is 0 Å². The number of carbonyl (C=O) groups is 2. The number of carbonyl (C=O) groups excluding carboxylic acids is 2. The van der Waals surface area contributed by atoms with Gasteiger partial charge >= 0.3 is 0 Å². The summed E-state index contributed by atoms with van der Waals surface area (Å²) >= 11 is 1.54. The molecule has 138 valence electrons. The van der Waals surface area contributed by atoms with Crippen LogP contribution in [0.2, 0.25) is 0 Å². The van der Waals surface area contributed by atoms with Gasteiger partial charge in [-0.1, -0.05) is 0 Å². The molecule has 1 atom stereocenters. The van der Waals surface area contributed by atoms with Crippen molar-refractivity contribution in [2.24, 2.45) is 0 Å². The van der Waals surface area contributed by atoms with Crippen molar-refractivity contribution in [2.75, 3.05) is 25.8 Å². The van der Waals surface area contributed by atoms with Crippen LogP contribution in [0.25, 0.3) is 0 Å². The Hall–Kier alpha value is -2.61. The number of hydrogen-bond donors (Lipinski definition) is 1. The second-order valence-corrected chi connectivity index (χ2v) is 6.69. The van der Waals surface area contributed by atoms with E-state index in [4.69, 9.17) is 13.9 Å². The van der Waals surface area contributed by atoms with Gasteiger partial charge in [0.15, 0.2) is 0 Å². The molecule has 0 radical (unpaired) electrons. The third-order valence-corrected chi connectivity index (χ3v) is 5.07. The molecule has 8 heteroatoms. The second-order valence-electron chi connectivity index (χ2n) is 5.69. The zero-order valence-electron chi connectivity index (χ0n) is 14.6. The van der Waals surface area contributed by atoms with E-state index in [-0.39, 0.29) is 11.8 Å². The van der Waals surface area contributed by atoms with Gasteiger partial charge in [0.05, 0.1) is 32.9 Å². The quantitative estimate of drug-likeness (QED) is 0.832. The summed E-state index contributed by atoms with van der Waals surface area (Å²) < 4.78 is 15.7. The summed E-state index contributed by atoms with van der Waals surface area (Å²) in [5, 5.41) is 2.82. The van der Waals surface area contributed by atoms with E-state index >= 15 is 0 Å². The van der Waals surface area contributed by atoms with Crippen LogP contribution < -0.4 is 14.8 Å². The highest BCUT2D eigenvalue weighted by atomic mass is 32.2. The fourth-order valence-electron chi connectivity index (χ4n) is 2.66. The largest absolute Gasteiger partial charge is 0.497 e. The number of benzene rings is 1. The molecule has 7 nitrogen and oxygen atoms in total. The Balaban J connectivity index is 1.72. The number of nitrogens with zero attached hydrogens (tertiary/aromatic N) is 1. The van der Waals surface area contributed by atoms with E-state index in [2.05, 4.69) is 5.32 Å². The fourth-order valence-corrected chi connectivity index (χ4v) is 3.82. The summed E-state index contributed by atoms with van der Waals surface area (Å²) in [5.74, 6) is 2.30. The third-order valence-electron chi connectivity index (χ3n) is 4.06. The smallest absolute Gasteiger partial charge is 0.255 e. The van der Waals surface area contributed by atoms with Crippen molar-refractivity contribution in [1.82, 2.24) is 10.2 Å². The molecule has 1 fully saturated rings. The maximum absolute atomic E-state index is 12.9. The van der Waals surface area contributed by atoms with Crippen LogP contribution in [0.1, 0.15) is 16.1 Å². The van der Waals surface area contributed by atoms with Crippen LogP contribution in [-0.2, 0) is 11.3 Å². The first-order valence-corrected chi connectivity index (χ1v) is 9.19. The zero-order valence-corrected chi connectivity index (χ0v) is 15.4. The van der Waals surface area contributed by atoms with Crippen LogP contribution in [0.3, 0.4) is 0 Å². The first-order valence-electron chi connectivity index (χ1n) is 8.04. The van der Waals surface area contributed by atoms with Crippen molar-refractivity contribution in [3.8, 4) is 11.5 Å². The normalized spacial score (nSPS) is 16.4. The van der Waals surface area contributed by atoms with Crippen LogP contribution in [0.4, 0.5) is 0 Å². The maximum atomic E-state index is 12.9. The molecular formula is C18H20N2O5S. The SMILES string of the molecule is COc1cc(OC)cc(C(=O)N2CSCC2C(=O)NCc2ccco2)c1. The molecule has 1 unspecified atom stereocenters. The Morgan fingerprint density at radius 2 is 2.00 bits per heavy atom. The second kappa shape index (κ2) is 8.18. The first-order chi connectivity index (χ1) is 12.6. The summed E-state index contributed by atoms with van der Waals surface area (Å²) in [7, 11) is 3.05. The minimum absolute atomic E-state index is 0.199. The third kappa shape index (κ3) is 3.96. The highest BCUT2D eigenvalue weighted by molar-refractivity contribution is 7.99. The van der Waals surface area contributed by atoms with E-state index in [1.807, 2.05) is 0 Å². The lowest BCUT2D eigenvalue weighted by atomic mass is 10.1. The molecule has 1 aromatic heterocycles.